The molecular formula is C9H19NO4. The van der Waals surface area contributed by atoms with Crippen molar-refractivity contribution in [3.8, 4) is 0 Å². The van der Waals surface area contributed by atoms with E-state index in [1.54, 1.807) is 7.11 Å². The van der Waals surface area contributed by atoms with Crippen LogP contribution < -0.4 is 5.32 Å². The molecule has 0 rings (SSSR count). The Labute approximate surface area is 84.1 Å². The number of carbonyl (C=O) groups excluding carboxylic acids is 1. The summed E-state index contributed by atoms with van der Waals surface area (Å²) in [5.74, 6) is -0.138. The van der Waals surface area contributed by atoms with Gasteiger partial charge in [-0.2, -0.15) is 0 Å². The van der Waals surface area contributed by atoms with Crippen molar-refractivity contribution in [2.45, 2.75) is 32.0 Å². The Balaban J connectivity index is 3.46. The molecule has 1 amide bonds. The minimum absolute atomic E-state index is 0.0588. The molecule has 0 aliphatic heterocycles. The van der Waals surface area contributed by atoms with Gasteiger partial charge in [0, 0.05) is 20.1 Å². The number of aliphatic hydroxyl groups excluding tert-OH is 2. The van der Waals surface area contributed by atoms with Crippen LogP contribution in [0.15, 0.2) is 0 Å². The first-order valence-electron chi connectivity index (χ1n) is 4.68. The fourth-order valence-corrected chi connectivity index (χ4v) is 0.837. The number of amides is 1. The second-order valence-corrected chi connectivity index (χ2v) is 3.23. The standard InChI is InChI=1S/C9H19NO4/c1-7(14-2)3-4-9(13)10-5-8(12)6-11/h7-8,11-12H,3-6H2,1-2H3,(H,10,13). The minimum atomic E-state index is -0.876. The van der Waals surface area contributed by atoms with Crippen LogP contribution in [0.5, 0.6) is 0 Å². The molecule has 0 aliphatic rings. The van der Waals surface area contributed by atoms with Crippen molar-refractivity contribution in [2.24, 2.45) is 0 Å². The van der Waals surface area contributed by atoms with Gasteiger partial charge in [0.1, 0.15) is 0 Å². The Kier molecular flexibility index (Phi) is 7.37. The number of nitrogens with one attached hydrogen (secondary N) is 1. The zero-order chi connectivity index (χ0) is 11.0. The average Bonchev–Trinajstić information content (AvgIpc) is 2.22. The van der Waals surface area contributed by atoms with Crippen LogP contribution in [-0.2, 0) is 9.53 Å². The van der Waals surface area contributed by atoms with Gasteiger partial charge in [-0.1, -0.05) is 0 Å². The molecule has 0 spiro atoms. The molecule has 0 fully saturated rings. The zero-order valence-corrected chi connectivity index (χ0v) is 8.69. The third kappa shape index (κ3) is 6.82. The first-order valence-corrected chi connectivity index (χ1v) is 4.68. The highest BCUT2D eigenvalue weighted by atomic mass is 16.5. The first kappa shape index (κ1) is 13.4. The normalized spacial score (nSPS) is 14.9. The maximum absolute atomic E-state index is 11.1. The SMILES string of the molecule is COC(C)CCC(=O)NCC(O)CO. The summed E-state index contributed by atoms with van der Waals surface area (Å²) in [6.45, 7) is 1.64. The van der Waals surface area contributed by atoms with E-state index >= 15 is 0 Å². The molecule has 0 heterocycles. The second kappa shape index (κ2) is 7.73. The van der Waals surface area contributed by atoms with Crippen molar-refractivity contribution < 1.29 is 19.7 Å². The fourth-order valence-electron chi connectivity index (χ4n) is 0.837. The molecule has 0 saturated heterocycles. The van der Waals surface area contributed by atoms with E-state index in [2.05, 4.69) is 5.32 Å². The lowest BCUT2D eigenvalue weighted by atomic mass is 10.2. The summed E-state index contributed by atoms with van der Waals surface area (Å²) < 4.78 is 4.98. The number of rotatable bonds is 7. The van der Waals surface area contributed by atoms with Crippen LogP contribution in [0.2, 0.25) is 0 Å². The number of hydrogen-bond donors (Lipinski definition) is 3. The van der Waals surface area contributed by atoms with Gasteiger partial charge in [-0.3, -0.25) is 4.79 Å². The molecule has 2 unspecified atom stereocenters. The van der Waals surface area contributed by atoms with E-state index in [-0.39, 0.29) is 25.2 Å². The molecular weight excluding hydrogens is 186 g/mol. The van der Waals surface area contributed by atoms with Gasteiger partial charge in [-0.05, 0) is 13.3 Å². The van der Waals surface area contributed by atoms with Crippen LogP contribution in [-0.4, -0.2) is 48.6 Å². The van der Waals surface area contributed by atoms with Gasteiger partial charge in [0.25, 0.3) is 0 Å². The number of methoxy groups -OCH3 is 1. The third-order valence-electron chi connectivity index (χ3n) is 1.93. The van der Waals surface area contributed by atoms with Gasteiger partial charge in [-0.15, -0.1) is 0 Å². The average molecular weight is 205 g/mol. The van der Waals surface area contributed by atoms with E-state index in [0.29, 0.717) is 12.8 Å². The Hall–Kier alpha value is -0.650. The van der Waals surface area contributed by atoms with Crippen molar-refractivity contribution in [1.82, 2.24) is 5.32 Å². The van der Waals surface area contributed by atoms with Crippen LogP contribution in [0.3, 0.4) is 0 Å². The van der Waals surface area contributed by atoms with Crippen LogP contribution in [0.4, 0.5) is 0 Å². The summed E-state index contributed by atoms with van der Waals surface area (Å²) in [6.07, 6.45) is 0.201. The molecule has 0 bridgehead atoms. The third-order valence-corrected chi connectivity index (χ3v) is 1.93. The van der Waals surface area contributed by atoms with Crippen molar-refractivity contribution in [3.05, 3.63) is 0 Å². The molecule has 0 aromatic rings. The van der Waals surface area contributed by atoms with Crippen LogP contribution in [0.25, 0.3) is 0 Å². The van der Waals surface area contributed by atoms with Crippen LogP contribution >= 0.6 is 0 Å². The van der Waals surface area contributed by atoms with Crippen LogP contribution in [0, 0.1) is 0 Å². The van der Waals surface area contributed by atoms with Gasteiger partial charge in [-0.25, -0.2) is 0 Å². The summed E-state index contributed by atoms with van der Waals surface area (Å²) >= 11 is 0. The molecule has 5 heteroatoms. The summed E-state index contributed by atoms with van der Waals surface area (Å²) in [6, 6.07) is 0. The van der Waals surface area contributed by atoms with E-state index in [1.165, 1.54) is 0 Å². The second-order valence-electron chi connectivity index (χ2n) is 3.23. The molecule has 0 aromatic carbocycles. The lowest BCUT2D eigenvalue weighted by molar-refractivity contribution is -0.122. The van der Waals surface area contributed by atoms with Gasteiger partial charge in [0.15, 0.2) is 0 Å². The van der Waals surface area contributed by atoms with Crippen molar-refractivity contribution in [3.63, 3.8) is 0 Å². The highest BCUT2D eigenvalue weighted by Gasteiger charge is 2.07. The first-order chi connectivity index (χ1) is 6.60. The zero-order valence-electron chi connectivity index (χ0n) is 8.69. The Morgan fingerprint density at radius 1 is 1.57 bits per heavy atom. The van der Waals surface area contributed by atoms with Gasteiger partial charge in [0.05, 0.1) is 18.8 Å². The van der Waals surface area contributed by atoms with E-state index in [4.69, 9.17) is 14.9 Å². The van der Waals surface area contributed by atoms with Crippen LogP contribution in [0.1, 0.15) is 19.8 Å². The molecule has 0 radical (unpaired) electrons. The monoisotopic (exact) mass is 205 g/mol. The Bertz CT molecular complexity index is 147. The molecule has 14 heavy (non-hydrogen) atoms. The quantitative estimate of drug-likeness (QED) is 0.512. The molecule has 3 N–H and O–H groups in total. The smallest absolute Gasteiger partial charge is 0.220 e. The van der Waals surface area contributed by atoms with Gasteiger partial charge < -0.3 is 20.3 Å². The predicted octanol–water partition coefficient (Wildman–Crippen LogP) is -0.729. The molecule has 0 aliphatic carbocycles. The number of ether oxygens (including phenoxy) is 1. The Morgan fingerprint density at radius 3 is 2.71 bits per heavy atom. The Morgan fingerprint density at radius 2 is 2.21 bits per heavy atom. The van der Waals surface area contributed by atoms with E-state index in [9.17, 15) is 4.79 Å². The predicted molar refractivity (Wildman–Crippen MR) is 51.8 cm³/mol. The summed E-state index contributed by atoms with van der Waals surface area (Å²) in [7, 11) is 1.60. The minimum Gasteiger partial charge on any atom is -0.394 e. The number of aliphatic hydroxyl groups is 2. The lowest BCUT2D eigenvalue weighted by Gasteiger charge is -2.11. The number of hydrogen-bond acceptors (Lipinski definition) is 4. The maximum Gasteiger partial charge on any atom is 0.220 e. The molecule has 84 valence electrons. The topological polar surface area (TPSA) is 78.8 Å². The van der Waals surface area contributed by atoms with E-state index in [0.717, 1.165) is 0 Å². The lowest BCUT2D eigenvalue weighted by Crippen LogP contribution is -2.34. The summed E-state index contributed by atoms with van der Waals surface area (Å²) in [5, 5.41) is 19.9. The molecule has 2 atom stereocenters. The highest BCUT2D eigenvalue weighted by molar-refractivity contribution is 5.75. The highest BCUT2D eigenvalue weighted by Crippen LogP contribution is 1.99. The molecule has 0 saturated carbocycles. The largest absolute Gasteiger partial charge is 0.394 e. The van der Waals surface area contributed by atoms with Gasteiger partial charge in [0.2, 0.25) is 5.91 Å². The maximum atomic E-state index is 11.1. The van der Waals surface area contributed by atoms with Crippen molar-refractivity contribution in [1.29, 1.82) is 0 Å². The van der Waals surface area contributed by atoms with Gasteiger partial charge >= 0.3 is 0 Å². The molecule has 5 nitrogen and oxygen atoms in total. The fraction of sp³-hybridized carbons (Fsp3) is 0.889. The van der Waals surface area contributed by atoms with Crippen molar-refractivity contribution in [2.75, 3.05) is 20.3 Å². The molecule has 0 aromatic heterocycles. The summed E-state index contributed by atoms with van der Waals surface area (Å²) in [4.78, 5) is 11.1. The van der Waals surface area contributed by atoms with Crippen molar-refractivity contribution >= 4 is 5.91 Å². The summed E-state index contributed by atoms with van der Waals surface area (Å²) in [5.41, 5.74) is 0. The number of carbonyl (C=O) groups is 1. The van der Waals surface area contributed by atoms with E-state index in [1.807, 2.05) is 6.92 Å². The van der Waals surface area contributed by atoms with E-state index < -0.39 is 6.10 Å².